The molecule has 21 heavy (non-hydrogen) atoms. The highest BCUT2D eigenvalue weighted by atomic mass is 35.5. The molecular weight excluding hydrogens is 290 g/mol. The van der Waals surface area contributed by atoms with E-state index in [2.05, 4.69) is 4.85 Å². The summed E-state index contributed by atoms with van der Waals surface area (Å²) in [7, 11) is 0. The maximum absolute atomic E-state index is 11.8. The van der Waals surface area contributed by atoms with E-state index in [0.29, 0.717) is 29.3 Å². The van der Waals surface area contributed by atoms with Crippen LogP contribution in [0.15, 0.2) is 18.2 Å². The number of carbonyl (C=O) groups is 1. The Balaban J connectivity index is 1.85. The van der Waals surface area contributed by atoms with E-state index >= 15 is 0 Å². The molecule has 0 radical (unpaired) electrons. The predicted molar refractivity (Wildman–Crippen MR) is 80.7 cm³/mol. The Morgan fingerprint density at radius 2 is 2.05 bits per heavy atom. The lowest BCUT2D eigenvalue weighted by Crippen LogP contribution is -2.41. The molecule has 0 spiro atoms. The van der Waals surface area contributed by atoms with Crippen LogP contribution in [-0.4, -0.2) is 17.7 Å². The van der Waals surface area contributed by atoms with Crippen molar-refractivity contribution in [2.45, 2.75) is 45.3 Å². The van der Waals surface area contributed by atoms with Gasteiger partial charge in [-0.3, -0.25) is 4.79 Å². The third-order valence-electron chi connectivity index (χ3n) is 3.18. The Morgan fingerprint density at radius 1 is 1.38 bits per heavy atom. The second-order valence-electron chi connectivity index (χ2n) is 6.17. The quantitative estimate of drug-likeness (QED) is 0.614. The van der Waals surface area contributed by atoms with Crippen LogP contribution in [0.1, 0.15) is 33.6 Å². The van der Waals surface area contributed by atoms with E-state index in [9.17, 15) is 4.79 Å². The largest absolute Gasteiger partial charge is 0.490 e. The van der Waals surface area contributed by atoms with Crippen molar-refractivity contribution >= 4 is 23.3 Å². The molecule has 0 atom stereocenters. The Hall–Kier alpha value is -1.73. The molecule has 1 fully saturated rings. The number of esters is 1. The molecule has 5 heteroatoms. The van der Waals surface area contributed by atoms with Crippen molar-refractivity contribution in [1.29, 1.82) is 0 Å². The summed E-state index contributed by atoms with van der Waals surface area (Å²) >= 11 is 5.96. The Kier molecular flexibility index (Phi) is 4.43. The van der Waals surface area contributed by atoms with Crippen molar-refractivity contribution in [3.8, 4) is 5.75 Å². The van der Waals surface area contributed by atoms with Gasteiger partial charge in [-0.15, -0.1) is 0 Å². The van der Waals surface area contributed by atoms with E-state index in [4.69, 9.17) is 27.6 Å². The molecule has 0 bridgehead atoms. The molecule has 0 amide bonds. The first-order chi connectivity index (χ1) is 9.78. The SMILES string of the molecule is [C-]#[N+]c1ccc(OC2CC(C(=O)OC(C)(C)C)C2)cc1Cl. The van der Waals surface area contributed by atoms with Crippen molar-refractivity contribution in [2.75, 3.05) is 0 Å². The highest BCUT2D eigenvalue weighted by molar-refractivity contribution is 6.33. The number of nitrogens with zero attached hydrogens (tertiary/aromatic N) is 1. The Bertz CT molecular complexity index is 580. The van der Waals surface area contributed by atoms with Gasteiger partial charge in [-0.2, -0.15) is 0 Å². The van der Waals surface area contributed by atoms with Crippen molar-refractivity contribution in [3.05, 3.63) is 34.6 Å². The fraction of sp³-hybridized carbons (Fsp3) is 0.500. The van der Waals surface area contributed by atoms with E-state index in [1.807, 2.05) is 20.8 Å². The van der Waals surface area contributed by atoms with Crippen molar-refractivity contribution in [2.24, 2.45) is 5.92 Å². The summed E-state index contributed by atoms with van der Waals surface area (Å²) in [6, 6.07) is 4.99. The van der Waals surface area contributed by atoms with Gasteiger partial charge in [0.1, 0.15) is 17.5 Å². The molecule has 112 valence electrons. The van der Waals surface area contributed by atoms with Gasteiger partial charge in [0.25, 0.3) is 0 Å². The molecule has 0 saturated heterocycles. The summed E-state index contributed by atoms with van der Waals surface area (Å²) in [5, 5.41) is 0.380. The first kappa shape index (κ1) is 15.7. The number of ether oxygens (including phenoxy) is 2. The average Bonchev–Trinajstić information content (AvgIpc) is 2.31. The highest BCUT2D eigenvalue weighted by Crippen LogP contribution is 2.35. The predicted octanol–water partition coefficient (Wildman–Crippen LogP) is 4.39. The summed E-state index contributed by atoms with van der Waals surface area (Å²) in [6.07, 6.45) is 1.30. The third-order valence-corrected chi connectivity index (χ3v) is 3.48. The second kappa shape index (κ2) is 5.95. The number of hydrogen-bond donors (Lipinski definition) is 0. The fourth-order valence-electron chi connectivity index (χ4n) is 2.08. The zero-order valence-electron chi connectivity index (χ0n) is 12.4. The van der Waals surface area contributed by atoms with Gasteiger partial charge < -0.3 is 9.47 Å². The number of rotatable bonds is 3. The van der Waals surface area contributed by atoms with Crippen molar-refractivity contribution < 1.29 is 14.3 Å². The molecule has 0 aliphatic heterocycles. The zero-order chi connectivity index (χ0) is 15.6. The number of carbonyl (C=O) groups excluding carboxylic acids is 1. The molecule has 0 heterocycles. The minimum Gasteiger partial charge on any atom is -0.490 e. The van der Waals surface area contributed by atoms with Crippen LogP contribution in [0.3, 0.4) is 0 Å². The number of hydrogen-bond acceptors (Lipinski definition) is 3. The normalized spacial score (nSPS) is 21.1. The van der Waals surface area contributed by atoms with Crippen LogP contribution in [0.25, 0.3) is 4.85 Å². The van der Waals surface area contributed by atoms with Crippen LogP contribution in [0, 0.1) is 12.5 Å². The topological polar surface area (TPSA) is 39.9 Å². The molecule has 1 aromatic carbocycles. The van der Waals surface area contributed by atoms with Gasteiger partial charge in [-0.25, -0.2) is 4.85 Å². The van der Waals surface area contributed by atoms with Gasteiger partial charge in [0, 0.05) is 0 Å². The standard InChI is InChI=1S/C16H18ClNO3/c1-16(2,3)21-15(19)10-7-12(8-10)20-11-5-6-14(18-4)13(17)9-11/h5-6,9-10,12H,7-8H2,1-3H3. The first-order valence-electron chi connectivity index (χ1n) is 6.85. The van der Waals surface area contributed by atoms with E-state index in [1.165, 1.54) is 0 Å². The molecule has 1 aliphatic carbocycles. The summed E-state index contributed by atoms with van der Waals surface area (Å²) in [5.41, 5.74) is -0.0455. The minimum atomic E-state index is -0.452. The smallest absolute Gasteiger partial charge is 0.309 e. The lowest BCUT2D eigenvalue weighted by atomic mass is 9.82. The maximum atomic E-state index is 11.8. The fourth-order valence-corrected chi connectivity index (χ4v) is 2.30. The van der Waals surface area contributed by atoms with Crippen LogP contribution < -0.4 is 4.74 Å². The van der Waals surface area contributed by atoms with Gasteiger partial charge in [0.2, 0.25) is 5.69 Å². The van der Waals surface area contributed by atoms with Crippen LogP contribution in [0.5, 0.6) is 5.75 Å². The van der Waals surface area contributed by atoms with Crippen LogP contribution in [0.4, 0.5) is 5.69 Å². The molecule has 1 aliphatic rings. The third kappa shape index (κ3) is 4.12. The van der Waals surface area contributed by atoms with Crippen LogP contribution in [0.2, 0.25) is 5.02 Å². The highest BCUT2D eigenvalue weighted by Gasteiger charge is 2.38. The monoisotopic (exact) mass is 307 g/mol. The van der Waals surface area contributed by atoms with Gasteiger partial charge >= 0.3 is 5.97 Å². The molecular formula is C16H18ClNO3. The minimum absolute atomic E-state index is 0.00243. The van der Waals surface area contributed by atoms with E-state index in [-0.39, 0.29) is 18.0 Å². The molecule has 1 saturated carbocycles. The molecule has 0 N–H and O–H groups in total. The molecule has 4 nitrogen and oxygen atoms in total. The molecule has 1 aromatic rings. The lowest BCUT2D eigenvalue weighted by molar-refractivity contribution is -0.166. The van der Waals surface area contributed by atoms with Crippen LogP contribution >= 0.6 is 11.6 Å². The van der Waals surface area contributed by atoms with Crippen molar-refractivity contribution in [1.82, 2.24) is 0 Å². The molecule has 0 aromatic heterocycles. The summed E-state index contributed by atoms with van der Waals surface area (Å²) in [5.74, 6) is 0.371. The number of benzene rings is 1. The average molecular weight is 308 g/mol. The Labute approximate surface area is 129 Å². The summed E-state index contributed by atoms with van der Waals surface area (Å²) < 4.78 is 11.1. The summed E-state index contributed by atoms with van der Waals surface area (Å²) in [6.45, 7) is 12.5. The van der Waals surface area contributed by atoms with E-state index in [0.717, 1.165) is 0 Å². The first-order valence-corrected chi connectivity index (χ1v) is 7.23. The Morgan fingerprint density at radius 3 is 2.57 bits per heavy atom. The second-order valence-corrected chi connectivity index (χ2v) is 6.57. The van der Waals surface area contributed by atoms with Gasteiger partial charge in [-0.05, 0) is 45.7 Å². The van der Waals surface area contributed by atoms with Gasteiger partial charge in [-0.1, -0.05) is 17.7 Å². The van der Waals surface area contributed by atoms with E-state index < -0.39 is 5.60 Å². The molecule has 2 rings (SSSR count). The summed E-state index contributed by atoms with van der Waals surface area (Å²) in [4.78, 5) is 15.1. The maximum Gasteiger partial charge on any atom is 0.309 e. The van der Waals surface area contributed by atoms with Crippen LogP contribution in [-0.2, 0) is 9.53 Å². The number of halogens is 1. The van der Waals surface area contributed by atoms with Crippen molar-refractivity contribution in [3.63, 3.8) is 0 Å². The van der Waals surface area contributed by atoms with Gasteiger partial charge in [0.05, 0.1) is 17.5 Å². The van der Waals surface area contributed by atoms with Gasteiger partial charge in [0.15, 0.2) is 0 Å². The lowest BCUT2D eigenvalue weighted by Gasteiger charge is -2.35. The van der Waals surface area contributed by atoms with E-state index in [1.54, 1.807) is 18.2 Å². The zero-order valence-corrected chi connectivity index (χ0v) is 13.1. The molecule has 0 unspecified atom stereocenters.